The first kappa shape index (κ1) is 14.2. The van der Waals surface area contributed by atoms with Gasteiger partial charge in [0.1, 0.15) is 0 Å². The topological polar surface area (TPSA) is 29.3 Å². The number of hydrogen-bond donors (Lipinski definition) is 1. The van der Waals surface area contributed by atoms with Gasteiger partial charge in [-0.15, -0.1) is 0 Å². The third-order valence-electron chi connectivity index (χ3n) is 4.68. The van der Waals surface area contributed by atoms with Crippen LogP contribution in [0, 0.1) is 12.8 Å². The van der Waals surface area contributed by atoms with Crippen molar-refractivity contribution in [2.24, 2.45) is 11.7 Å². The Morgan fingerprint density at radius 1 is 1.00 bits per heavy atom. The molecule has 0 saturated carbocycles. The third-order valence-corrected chi connectivity index (χ3v) is 4.68. The third kappa shape index (κ3) is 2.96. The van der Waals surface area contributed by atoms with Crippen molar-refractivity contribution in [1.29, 1.82) is 0 Å². The summed E-state index contributed by atoms with van der Waals surface area (Å²) >= 11 is 0. The molecule has 2 heteroatoms. The second-order valence-electron chi connectivity index (χ2n) is 5.98. The highest BCUT2D eigenvalue weighted by atomic mass is 15.1. The van der Waals surface area contributed by atoms with Crippen molar-refractivity contribution < 1.29 is 0 Å². The van der Waals surface area contributed by atoms with Crippen molar-refractivity contribution in [3.8, 4) is 11.1 Å². The zero-order valence-electron chi connectivity index (χ0n) is 12.8. The second-order valence-corrected chi connectivity index (χ2v) is 5.98. The molecule has 0 aromatic heterocycles. The molecular formula is C19H24N2. The Balaban J connectivity index is 1.88. The quantitative estimate of drug-likeness (QED) is 0.925. The molecule has 110 valence electrons. The smallest absolute Gasteiger partial charge is 0.0402 e. The van der Waals surface area contributed by atoms with E-state index in [0.717, 1.165) is 19.6 Å². The number of rotatable bonds is 3. The second kappa shape index (κ2) is 6.31. The number of piperidine rings is 1. The Kier molecular flexibility index (Phi) is 4.26. The summed E-state index contributed by atoms with van der Waals surface area (Å²) < 4.78 is 0. The summed E-state index contributed by atoms with van der Waals surface area (Å²) in [4.78, 5) is 2.52. The van der Waals surface area contributed by atoms with Crippen LogP contribution in [-0.2, 0) is 0 Å². The number of benzene rings is 2. The normalized spacial score (nSPS) is 16.2. The van der Waals surface area contributed by atoms with Gasteiger partial charge in [0.15, 0.2) is 0 Å². The molecule has 1 aliphatic rings. The largest absolute Gasteiger partial charge is 0.371 e. The zero-order chi connectivity index (χ0) is 14.7. The van der Waals surface area contributed by atoms with E-state index >= 15 is 0 Å². The number of hydrogen-bond acceptors (Lipinski definition) is 2. The van der Waals surface area contributed by atoms with Crippen LogP contribution in [-0.4, -0.2) is 19.6 Å². The van der Waals surface area contributed by atoms with Gasteiger partial charge in [-0.25, -0.2) is 0 Å². The predicted molar refractivity (Wildman–Crippen MR) is 90.6 cm³/mol. The highest BCUT2D eigenvalue weighted by Crippen LogP contribution is 2.32. The Morgan fingerprint density at radius 3 is 2.38 bits per heavy atom. The van der Waals surface area contributed by atoms with E-state index < -0.39 is 0 Å². The fourth-order valence-electron chi connectivity index (χ4n) is 3.31. The zero-order valence-corrected chi connectivity index (χ0v) is 12.8. The molecule has 2 aromatic carbocycles. The fraction of sp³-hybridized carbons (Fsp3) is 0.368. The maximum atomic E-state index is 5.80. The molecule has 0 amide bonds. The molecule has 1 fully saturated rings. The Hall–Kier alpha value is -1.80. The lowest BCUT2D eigenvalue weighted by Crippen LogP contribution is -2.36. The van der Waals surface area contributed by atoms with Crippen molar-refractivity contribution in [3.63, 3.8) is 0 Å². The lowest BCUT2D eigenvalue weighted by atomic mass is 9.94. The molecule has 0 bridgehead atoms. The minimum absolute atomic E-state index is 0.707. The molecule has 0 radical (unpaired) electrons. The van der Waals surface area contributed by atoms with Crippen molar-refractivity contribution in [3.05, 3.63) is 54.1 Å². The van der Waals surface area contributed by atoms with Gasteiger partial charge in [0, 0.05) is 18.8 Å². The minimum atomic E-state index is 0.707. The van der Waals surface area contributed by atoms with Crippen LogP contribution in [0.15, 0.2) is 48.5 Å². The molecule has 2 aromatic rings. The van der Waals surface area contributed by atoms with Gasteiger partial charge in [-0.3, -0.25) is 0 Å². The van der Waals surface area contributed by atoms with Crippen LogP contribution in [0.5, 0.6) is 0 Å². The van der Waals surface area contributed by atoms with Crippen LogP contribution in [0.2, 0.25) is 0 Å². The van der Waals surface area contributed by atoms with E-state index in [1.165, 1.54) is 35.2 Å². The molecule has 2 N–H and O–H groups in total. The first-order chi connectivity index (χ1) is 10.3. The van der Waals surface area contributed by atoms with Crippen molar-refractivity contribution in [1.82, 2.24) is 0 Å². The average molecular weight is 280 g/mol. The number of nitrogens with two attached hydrogens (primary N) is 1. The maximum absolute atomic E-state index is 5.80. The number of anilines is 1. The van der Waals surface area contributed by atoms with Gasteiger partial charge in [0.2, 0.25) is 0 Å². The minimum Gasteiger partial charge on any atom is -0.371 e. The van der Waals surface area contributed by atoms with Gasteiger partial charge in [-0.2, -0.15) is 0 Å². The van der Waals surface area contributed by atoms with Crippen molar-refractivity contribution >= 4 is 5.69 Å². The predicted octanol–water partition coefficient (Wildman–Crippen LogP) is 3.84. The van der Waals surface area contributed by atoms with Crippen LogP contribution in [0.4, 0.5) is 5.69 Å². The molecule has 0 spiro atoms. The monoisotopic (exact) mass is 280 g/mol. The van der Waals surface area contributed by atoms with Gasteiger partial charge >= 0.3 is 0 Å². The molecule has 2 nitrogen and oxygen atoms in total. The van der Waals surface area contributed by atoms with Crippen LogP contribution < -0.4 is 10.6 Å². The molecule has 21 heavy (non-hydrogen) atoms. The summed E-state index contributed by atoms with van der Waals surface area (Å²) in [7, 11) is 0. The standard InChI is InChI=1S/C19H24N2/c1-15-18(17-6-3-2-4-7-17)8-5-9-19(15)21-12-10-16(14-20)11-13-21/h2-9,16H,10-14,20H2,1H3. The molecule has 1 saturated heterocycles. The molecule has 1 aliphatic heterocycles. The van der Waals surface area contributed by atoms with Crippen LogP contribution >= 0.6 is 0 Å². The van der Waals surface area contributed by atoms with Gasteiger partial charge in [0.25, 0.3) is 0 Å². The van der Waals surface area contributed by atoms with E-state index in [0.29, 0.717) is 5.92 Å². The van der Waals surface area contributed by atoms with Gasteiger partial charge in [-0.05, 0) is 55.0 Å². The van der Waals surface area contributed by atoms with Gasteiger partial charge in [0.05, 0.1) is 0 Å². The lowest BCUT2D eigenvalue weighted by Gasteiger charge is -2.34. The van der Waals surface area contributed by atoms with E-state index in [1.807, 2.05) is 0 Å². The van der Waals surface area contributed by atoms with Gasteiger partial charge in [-0.1, -0.05) is 42.5 Å². The summed E-state index contributed by atoms with van der Waals surface area (Å²) in [5.41, 5.74) is 11.2. The average Bonchev–Trinajstić information content (AvgIpc) is 2.56. The highest BCUT2D eigenvalue weighted by Gasteiger charge is 2.20. The van der Waals surface area contributed by atoms with E-state index in [2.05, 4.69) is 60.4 Å². The van der Waals surface area contributed by atoms with Crippen LogP contribution in [0.1, 0.15) is 18.4 Å². The Bertz CT molecular complexity index is 584. The molecule has 1 heterocycles. The molecular weight excluding hydrogens is 256 g/mol. The lowest BCUT2D eigenvalue weighted by molar-refractivity contribution is 0.414. The first-order valence-electron chi connectivity index (χ1n) is 7.89. The summed E-state index contributed by atoms with van der Waals surface area (Å²) in [5.74, 6) is 0.707. The van der Waals surface area contributed by atoms with E-state index in [9.17, 15) is 0 Å². The van der Waals surface area contributed by atoms with E-state index in [-0.39, 0.29) is 0 Å². The summed E-state index contributed by atoms with van der Waals surface area (Å²) in [5, 5.41) is 0. The van der Waals surface area contributed by atoms with Crippen LogP contribution in [0.3, 0.4) is 0 Å². The first-order valence-corrected chi connectivity index (χ1v) is 7.89. The SMILES string of the molecule is Cc1c(-c2ccccc2)cccc1N1CCC(CN)CC1. The fourth-order valence-corrected chi connectivity index (χ4v) is 3.31. The van der Waals surface area contributed by atoms with E-state index in [1.54, 1.807) is 0 Å². The van der Waals surface area contributed by atoms with Gasteiger partial charge < -0.3 is 10.6 Å². The van der Waals surface area contributed by atoms with Crippen LogP contribution in [0.25, 0.3) is 11.1 Å². The van der Waals surface area contributed by atoms with Crippen molar-refractivity contribution in [2.75, 3.05) is 24.5 Å². The molecule has 3 rings (SSSR count). The summed E-state index contributed by atoms with van der Waals surface area (Å²) in [6.07, 6.45) is 2.43. The molecule has 0 aliphatic carbocycles. The Morgan fingerprint density at radius 2 is 1.71 bits per heavy atom. The molecule has 0 unspecified atom stereocenters. The Labute approximate surface area is 127 Å². The summed E-state index contributed by atoms with van der Waals surface area (Å²) in [6.45, 7) is 5.32. The molecule has 0 atom stereocenters. The highest BCUT2D eigenvalue weighted by molar-refractivity contribution is 5.74. The van der Waals surface area contributed by atoms with Crippen molar-refractivity contribution in [2.45, 2.75) is 19.8 Å². The summed E-state index contributed by atoms with van der Waals surface area (Å²) in [6, 6.07) is 17.3. The van der Waals surface area contributed by atoms with E-state index in [4.69, 9.17) is 5.73 Å². The number of nitrogens with zero attached hydrogens (tertiary/aromatic N) is 1. The maximum Gasteiger partial charge on any atom is 0.0402 e.